The minimum atomic E-state index is -3.87. The molecule has 0 saturated heterocycles. The van der Waals surface area contributed by atoms with Crippen LogP contribution in [0, 0.1) is 0 Å². The third-order valence-electron chi connectivity index (χ3n) is 5.36. The van der Waals surface area contributed by atoms with Gasteiger partial charge in [-0.3, -0.25) is 0 Å². The number of aliphatic carboxylic acids is 1. The van der Waals surface area contributed by atoms with Gasteiger partial charge >= 0.3 is 5.97 Å². The Labute approximate surface area is 192 Å². The van der Waals surface area contributed by atoms with Gasteiger partial charge in [-0.25, -0.2) is 17.9 Å². The molecule has 0 radical (unpaired) electrons. The molecule has 0 unspecified atom stereocenters. The minimum Gasteiger partial charge on any atom is -0.481 e. The Hall–Kier alpha value is -3.68. The molecule has 0 heterocycles. The van der Waals surface area contributed by atoms with Crippen molar-refractivity contribution in [3.63, 3.8) is 0 Å². The second-order valence-electron chi connectivity index (χ2n) is 7.52. The van der Waals surface area contributed by atoms with Crippen molar-refractivity contribution in [2.24, 2.45) is 0 Å². The maximum Gasteiger partial charge on any atom is 0.341 e. The largest absolute Gasteiger partial charge is 0.481 e. The molecule has 0 atom stereocenters. The minimum absolute atomic E-state index is 0.112. The Morgan fingerprint density at radius 1 is 0.788 bits per heavy atom. The van der Waals surface area contributed by atoms with Gasteiger partial charge < -0.3 is 9.84 Å². The predicted octanol–water partition coefficient (Wildman–Crippen LogP) is 4.41. The molecule has 0 saturated carbocycles. The lowest BCUT2D eigenvalue weighted by atomic mass is 9.92. The van der Waals surface area contributed by atoms with Crippen LogP contribution >= 0.6 is 0 Å². The van der Waals surface area contributed by atoms with Gasteiger partial charge in [0.05, 0.1) is 4.90 Å². The second-order valence-corrected chi connectivity index (χ2v) is 9.25. The first-order valence-electron chi connectivity index (χ1n) is 10.4. The van der Waals surface area contributed by atoms with Gasteiger partial charge in [0.15, 0.2) is 6.61 Å². The highest BCUT2D eigenvalue weighted by atomic mass is 32.2. The number of nitrogens with one attached hydrogen (secondary N) is 1. The monoisotopic (exact) mass is 461 g/mol. The summed E-state index contributed by atoms with van der Waals surface area (Å²) in [6, 6.07) is 29.3. The molecule has 0 amide bonds. The Bertz CT molecular complexity index is 1320. The van der Waals surface area contributed by atoms with E-state index in [2.05, 4.69) is 4.72 Å². The van der Waals surface area contributed by atoms with E-state index >= 15 is 0 Å². The molecule has 4 aromatic carbocycles. The molecule has 33 heavy (non-hydrogen) atoms. The summed E-state index contributed by atoms with van der Waals surface area (Å²) in [6.45, 7) is -0.327. The first-order valence-corrected chi connectivity index (χ1v) is 11.9. The summed E-state index contributed by atoms with van der Waals surface area (Å²) in [6.07, 6.45) is 0. The summed E-state index contributed by atoms with van der Waals surface area (Å²) in [5.74, 6) is -0.949. The number of carboxylic acids is 1. The third kappa shape index (κ3) is 5.22. The van der Waals surface area contributed by atoms with E-state index in [0.717, 1.165) is 11.1 Å². The van der Waals surface area contributed by atoms with Crippen molar-refractivity contribution < 1.29 is 23.1 Å². The van der Waals surface area contributed by atoms with Gasteiger partial charge in [-0.05, 0) is 23.3 Å². The lowest BCUT2D eigenvalue weighted by molar-refractivity contribution is -0.139. The number of rotatable bonds is 9. The van der Waals surface area contributed by atoms with E-state index in [1.54, 1.807) is 30.3 Å². The SMILES string of the molecule is O=C(O)COc1cccc2c(S(=O)(=O)NCC(c3ccccc3)c3ccccc3)cccc12. The quantitative estimate of drug-likeness (QED) is 0.385. The highest BCUT2D eigenvalue weighted by Crippen LogP contribution is 2.31. The predicted molar refractivity (Wildman–Crippen MR) is 127 cm³/mol. The summed E-state index contributed by atoms with van der Waals surface area (Å²) in [4.78, 5) is 11.0. The van der Waals surface area contributed by atoms with Crippen molar-refractivity contribution in [1.29, 1.82) is 0 Å². The number of carboxylic acid groups (broad SMARTS) is 1. The van der Waals surface area contributed by atoms with E-state index in [9.17, 15) is 13.2 Å². The second kappa shape index (κ2) is 9.85. The molecular formula is C26H23NO5S. The molecule has 0 aliphatic rings. The van der Waals surface area contributed by atoms with Crippen molar-refractivity contribution in [2.75, 3.05) is 13.2 Å². The molecule has 0 bridgehead atoms. The molecule has 4 rings (SSSR count). The molecule has 7 heteroatoms. The number of fused-ring (bicyclic) bond motifs is 1. The van der Waals surface area contributed by atoms with Crippen LogP contribution in [0.4, 0.5) is 0 Å². The van der Waals surface area contributed by atoms with Crippen molar-refractivity contribution in [3.8, 4) is 5.75 Å². The number of hydrogen-bond donors (Lipinski definition) is 2. The Balaban J connectivity index is 1.66. The van der Waals surface area contributed by atoms with Gasteiger partial charge in [-0.15, -0.1) is 0 Å². The van der Waals surface area contributed by atoms with Gasteiger partial charge in [0.1, 0.15) is 5.75 Å². The number of benzene rings is 4. The van der Waals surface area contributed by atoms with Crippen LogP contribution in [0.5, 0.6) is 5.75 Å². The van der Waals surface area contributed by atoms with Gasteiger partial charge in [-0.1, -0.05) is 84.9 Å². The van der Waals surface area contributed by atoms with E-state index in [-0.39, 0.29) is 17.4 Å². The molecule has 2 N–H and O–H groups in total. The average Bonchev–Trinajstić information content (AvgIpc) is 2.83. The zero-order valence-electron chi connectivity index (χ0n) is 17.7. The van der Waals surface area contributed by atoms with Crippen LogP contribution in [0.3, 0.4) is 0 Å². The highest BCUT2D eigenvalue weighted by Gasteiger charge is 2.22. The Morgan fingerprint density at radius 2 is 1.36 bits per heavy atom. The molecular weight excluding hydrogens is 438 g/mol. The summed E-state index contributed by atoms with van der Waals surface area (Å²) < 4.78 is 34.8. The van der Waals surface area contributed by atoms with E-state index in [4.69, 9.17) is 9.84 Å². The lowest BCUT2D eigenvalue weighted by Gasteiger charge is -2.19. The molecule has 6 nitrogen and oxygen atoms in total. The lowest BCUT2D eigenvalue weighted by Crippen LogP contribution is -2.29. The fourth-order valence-electron chi connectivity index (χ4n) is 3.82. The van der Waals surface area contributed by atoms with Crippen LogP contribution in [-0.4, -0.2) is 32.6 Å². The first-order chi connectivity index (χ1) is 16.0. The summed E-state index contributed by atoms with van der Waals surface area (Å²) in [7, 11) is -3.87. The molecule has 0 aromatic heterocycles. The summed E-state index contributed by atoms with van der Waals surface area (Å²) in [5.41, 5.74) is 2.02. The van der Waals surface area contributed by atoms with Crippen molar-refractivity contribution in [1.82, 2.24) is 4.72 Å². The van der Waals surface area contributed by atoms with Crippen molar-refractivity contribution in [2.45, 2.75) is 10.8 Å². The van der Waals surface area contributed by atoms with E-state index in [1.807, 2.05) is 60.7 Å². The van der Waals surface area contributed by atoms with Crippen LogP contribution < -0.4 is 9.46 Å². The molecule has 0 fully saturated rings. The van der Waals surface area contributed by atoms with Gasteiger partial charge in [0.25, 0.3) is 0 Å². The normalized spacial score (nSPS) is 11.5. The number of carbonyl (C=O) groups is 1. The maximum absolute atomic E-state index is 13.3. The number of ether oxygens (including phenoxy) is 1. The standard InChI is InChI=1S/C26H23NO5S/c28-26(29)18-32-24-15-7-14-22-21(24)13-8-16-25(22)33(30,31)27-17-23(19-9-3-1-4-10-19)20-11-5-2-6-12-20/h1-16,23,27H,17-18H2,(H,28,29). The molecule has 0 aliphatic carbocycles. The topological polar surface area (TPSA) is 92.7 Å². The smallest absolute Gasteiger partial charge is 0.341 e. The van der Waals surface area contributed by atoms with E-state index in [1.165, 1.54) is 6.07 Å². The van der Waals surface area contributed by atoms with E-state index in [0.29, 0.717) is 16.5 Å². The maximum atomic E-state index is 13.3. The fraction of sp³-hybridized carbons (Fsp3) is 0.115. The van der Waals surface area contributed by atoms with Gasteiger partial charge in [0.2, 0.25) is 10.0 Å². The van der Waals surface area contributed by atoms with Gasteiger partial charge in [-0.2, -0.15) is 0 Å². The molecule has 0 spiro atoms. The third-order valence-corrected chi connectivity index (χ3v) is 6.85. The summed E-state index contributed by atoms with van der Waals surface area (Å²) in [5, 5.41) is 9.90. The van der Waals surface area contributed by atoms with Crippen LogP contribution in [-0.2, 0) is 14.8 Å². The van der Waals surface area contributed by atoms with Crippen LogP contribution in [0.15, 0.2) is 102 Å². The molecule has 168 valence electrons. The van der Waals surface area contributed by atoms with Crippen LogP contribution in [0.25, 0.3) is 10.8 Å². The van der Waals surface area contributed by atoms with E-state index < -0.39 is 22.6 Å². The molecule has 0 aliphatic heterocycles. The van der Waals surface area contributed by atoms with Gasteiger partial charge in [0, 0.05) is 23.2 Å². The number of hydrogen-bond acceptors (Lipinski definition) is 4. The Kier molecular flexibility index (Phi) is 6.72. The van der Waals surface area contributed by atoms with Crippen LogP contribution in [0.2, 0.25) is 0 Å². The summed E-state index contributed by atoms with van der Waals surface area (Å²) >= 11 is 0. The number of sulfonamides is 1. The highest BCUT2D eigenvalue weighted by molar-refractivity contribution is 7.89. The molecule has 4 aromatic rings. The zero-order chi connectivity index (χ0) is 23.3. The van der Waals surface area contributed by atoms with Crippen molar-refractivity contribution in [3.05, 3.63) is 108 Å². The van der Waals surface area contributed by atoms with Crippen LogP contribution in [0.1, 0.15) is 17.0 Å². The Morgan fingerprint density at radius 3 is 1.97 bits per heavy atom. The average molecular weight is 462 g/mol. The van der Waals surface area contributed by atoms with Crippen molar-refractivity contribution >= 4 is 26.8 Å². The first kappa shape index (κ1) is 22.5. The fourth-order valence-corrected chi connectivity index (χ4v) is 5.09. The zero-order valence-corrected chi connectivity index (χ0v) is 18.5.